The molecule has 3 nitrogen and oxygen atoms in total. The monoisotopic (exact) mass is 305 g/mol. The maximum absolute atomic E-state index is 11.3. The number of benzene rings is 2. The normalized spacial score (nSPS) is 15.8. The molecule has 0 spiro atoms. The van der Waals surface area contributed by atoms with Crippen molar-refractivity contribution in [2.75, 3.05) is 12.8 Å². The first kappa shape index (κ1) is 16.0. The smallest absolute Gasteiger partial charge is 0.128 e. The summed E-state index contributed by atoms with van der Waals surface area (Å²) < 4.78 is 11.3. The third-order valence-electron chi connectivity index (χ3n) is 3.97. The molecule has 0 aliphatic heterocycles. The Bertz CT molecular complexity index is 642. The molecule has 2 aromatic carbocycles. The van der Waals surface area contributed by atoms with Gasteiger partial charge in [0.15, 0.2) is 0 Å². The minimum Gasteiger partial charge on any atom is -0.507 e. The van der Waals surface area contributed by atoms with Gasteiger partial charge in [-0.2, -0.15) is 0 Å². The molecule has 3 atom stereocenters. The highest BCUT2D eigenvalue weighted by Crippen LogP contribution is 2.32. The molecule has 0 bridgehead atoms. The van der Waals surface area contributed by atoms with Crippen LogP contribution in [0.1, 0.15) is 31.9 Å². The van der Waals surface area contributed by atoms with Gasteiger partial charge >= 0.3 is 0 Å². The minimum atomic E-state index is -0.782. The minimum absolute atomic E-state index is 0.0621. The Morgan fingerprint density at radius 2 is 1.90 bits per heavy atom. The summed E-state index contributed by atoms with van der Waals surface area (Å²) in [4.78, 5) is 0. The van der Waals surface area contributed by atoms with Crippen LogP contribution in [0.3, 0.4) is 0 Å². The van der Waals surface area contributed by atoms with Crippen LogP contribution in [0, 0.1) is 0 Å². The molecular formula is C17H23NO2S. The van der Waals surface area contributed by atoms with Crippen LogP contribution in [0.4, 0.5) is 0 Å². The third-order valence-corrected chi connectivity index (χ3v) is 5.34. The number of phenolic OH excluding ortho intramolecular Hbond substituents is 1. The number of rotatable bonds is 6. The highest BCUT2D eigenvalue weighted by Gasteiger charge is 2.13. The molecule has 4 heteroatoms. The number of nitrogens with one attached hydrogen (secondary N) is 1. The first-order valence-electron chi connectivity index (χ1n) is 7.27. The predicted octanol–water partition coefficient (Wildman–Crippen LogP) is 3.35. The second-order valence-electron chi connectivity index (χ2n) is 5.50. The zero-order valence-corrected chi connectivity index (χ0v) is 13.6. The molecule has 0 heterocycles. The van der Waals surface area contributed by atoms with Gasteiger partial charge in [-0.15, -0.1) is 0 Å². The highest BCUT2D eigenvalue weighted by atomic mass is 32.2. The Morgan fingerprint density at radius 3 is 2.62 bits per heavy atom. The molecule has 3 unspecified atom stereocenters. The summed E-state index contributed by atoms with van der Waals surface area (Å²) in [5, 5.41) is 15.9. The largest absolute Gasteiger partial charge is 0.507 e. The summed E-state index contributed by atoms with van der Waals surface area (Å²) in [6.07, 6.45) is 2.60. The lowest BCUT2D eigenvalue weighted by Gasteiger charge is -2.18. The Morgan fingerprint density at radius 1 is 1.19 bits per heavy atom. The number of fused-ring (bicyclic) bond motifs is 1. The molecule has 2 rings (SSSR count). The second-order valence-corrected chi connectivity index (χ2v) is 7.30. The molecule has 0 aliphatic rings. The summed E-state index contributed by atoms with van der Waals surface area (Å²) in [5.74, 6) is 0.347. The van der Waals surface area contributed by atoms with Gasteiger partial charge in [0.05, 0.1) is 0 Å². The zero-order valence-electron chi connectivity index (χ0n) is 12.8. The van der Waals surface area contributed by atoms with Crippen LogP contribution in [0.25, 0.3) is 10.8 Å². The van der Waals surface area contributed by atoms with Crippen LogP contribution in [0.2, 0.25) is 0 Å². The van der Waals surface area contributed by atoms with E-state index in [9.17, 15) is 9.32 Å². The summed E-state index contributed by atoms with van der Waals surface area (Å²) in [6.45, 7) is 4.82. The van der Waals surface area contributed by atoms with E-state index < -0.39 is 10.8 Å². The first-order valence-corrected chi connectivity index (χ1v) is 8.89. The van der Waals surface area contributed by atoms with E-state index in [2.05, 4.69) is 5.32 Å². The zero-order chi connectivity index (χ0) is 15.4. The van der Waals surface area contributed by atoms with Crippen molar-refractivity contribution in [3.05, 3.63) is 42.0 Å². The average Bonchev–Trinajstić information content (AvgIpc) is 2.47. The van der Waals surface area contributed by atoms with Gasteiger partial charge in [0, 0.05) is 39.3 Å². The van der Waals surface area contributed by atoms with E-state index in [1.165, 1.54) is 0 Å². The molecule has 0 aromatic heterocycles. The standard InChI is InChI=1S/C17H23NO2S/c1-12(21(3)20)10-11-18-13(2)15-9-8-14-6-4-5-7-16(14)17(15)19/h4-9,12-13,18-19H,10-11H2,1-3H3. The van der Waals surface area contributed by atoms with E-state index in [0.717, 1.165) is 29.3 Å². The van der Waals surface area contributed by atoms with Crippen molar-refractivity contribution in [2.45, 2.75) is 31.6 Å². The van der Waals surface area contributed by atoms with E-state index in [0.29, 0.717) is 5.75 Å². The van der Waals surface area contributed by atoms with E-state index in [-0.39, 0.29) is 11.3 Å². The third kappa shape index (κ3) is 3.83. The van der Waals surface area contributed by atoms with Crippen LogP contribution in [0.5, 0.6) is 5.75 Å². The van der Waals surface area contributed by atoms with E-state index in [1.807, 2.05) is 50.2 Å². The topological polar surface area (TPSA) is 49.3 Å². The fourth-order valence-corrected chi connectivity index (χ4v) is 2.85. The van der Waals surface area contributed by atoms with Crippen molar-refractivity contribution in [1.29, 1.82) is 0 Å². The van der Waals surface area contributed by atoms with Crippen molar-refractivity contribution in [2.24, 2.45) is 0 Å². The van der Waals surface area contributed by atoms with Crippen molar-refractivity contribution in [1.82, 2.24) is 5.32 Å². The Kier molecular flexibility index (Phi) is 5.37. The van der Waals surface area contributed by atoms with Gasteiger partial charge in [-0.1, -0.05) is 43.3 Å². The summed E-state index contributed by atoms with van der Waals surface area (Å²) >= 11 is 0. The quantitative estimate of drug-likeness (QED) is 0.860. The Hall–Kier alpha value is -1.39. The molecule has 0 fully saturated rings. The molecule has 0 amide bonds. The summed E-state index contributed by atoms with van der Waals surface area (Å²) in [7, 11) is -0.782. The maximum Gasteiger partial charge on any atom is 0.128 e. The number of aromatic hydroxyl groups is 1. The van der Waals surface area contributed by atoms with Crippen molar-refractivity contribution < 1.29 is 9.32 Å². The molecule has 0 radical (unpaired) electrons. The van der Waals surface area contributed by atoms with Gasteiger partial charge in [-0.3, -0.25) is 4.21 Å². The molecule has 0 saturated heterocycles. The first-order chi connectivity index (χ1) is 10.0. The fraction of sp³-hybridized carbons (Fsp3) is 0.412. The molecule has 2 aromatic rings. The lowest BCUT2D eigenvalue weighted by atomic mass is 10.0. The van der Waals surface area contributed by atoms with Gasteiger partial charge in [-0.25, -0.2) is 0 Å². The van der Waals surface area contributed by atoms with E-state index >= 15 is 0 Å². The van der Waals surface area contributed by atoms with Crippen LogP contribution in [-0.4, -0.2) is 27.4 Å². The van der Waals surface area contributed by atoms with Crippen LogP contribution >= 0.6 is 0 Å². The SMILES string of the molecule is CC(NCCC(C)S(C)=O)c1ccc2ccccc2c1O. The molecule has 2 N–H and O–H groups in total. The number of hydrogen-bond donors (Lipinski definition) is 2. The van der Waals surface area contributed by atoms with Crippen molar-refractivity contribution in [3.63, 3.8) is 0 Å². The van der Waals surface area contributed by atoms with Crippen molar-refractivity contribution >= 4 is 21.6 Å². The Labute approximate surface area is 128 Å². The second kappa shape index (κ2) is 7.05. The molecule has 0 saturated carbocycles. The van der Waals surface area contributed by atoms with Crippen molar-refractivity contribution in [3.8, 4) is 5.75 Å². The summed E-state index contributed by atoms with van der Waals surface area (Å²) in [5.41, 5.74) is 0.902. The Balaban J connectivity index is 2.07. The number of phenols is 1. The van der Waals surface area contributed by atoms with Gasteiger partial charge in [0.1, 0.15) is 5.75 Å². The van der Waals surface area contributed by atoms with Gasteiger partial charge in [0.25, 0.3) is 0 Å². The maximum atomic E-state index is 11.3. The van der Waals surface area contributed by atoms with Crippen LogP contribution in [-0.2, 0) is 10.8 Å². The van der Waals surface area contributed by atoms with E-state index in [4.69, 9.17) is 0 Å². The van der Waals surface area contributed by atoms with Gasteiger partial charge in [0.2, 0.25) is 0 Å². The summed E-state index contributed by atoms with van der Waals surface area (Å²) in [6, 6.07) is 11.9. The molecular weight excluding hydrogens is 282 g/mol. The van der Waals surface area contributed by atoms with Crippen LogP contribution < -0.4 is 5.32 Å². The lowest BCUT2D eigenvalue weighted by molar-refractivity contribution is 0.457. The molecule has 114 valence electrons. The predicted molar refractivity (Wildman–Crippen MR) is 90.2 cm³/mol. The average molecular weight is 305 g/mol. The van der Waals surface area contributed by atoms with Crippen LogP contribution in [0.15, 0.2) is 36.4 Å². The lowest BCUT2D eigenvalue weighted by Crippen LogP contribution is -2.24. The molecule has 0 aliphatic carbocycles. The van der Waals surface area contributed by atoms with Gasteiger partial charge in [-0.05, 0) is 25.3 Å². The number of hydrogen-bond acceptors (Lipinski definition) is 3. The molecule has 21 heavy (non-hydrogen) atoms. The van der Waals surface area contributed by atoms with E-state index in [1.54, 1.807) is 6.26 Å². The van der Waals surface area contributed by atoms with Gasteiger partial charge < -0.3 is 10.4 Å². The fourth-order valence-electron chi connectivity index (χ4n) is 2.40. The highest BCUT2D eigenvalue weighted by molar-refractivity contribution is 7.84.